The number of nitrogens with zero attached hydrogens (tertiary/aromatic N) is 3. The van der Waals surface area contributed by atoms with Gasteiger partial charge in [-0.25, -0.2) is 4.79 Å². The van der Waals surface area contributed by atoms with E-state index in [0.29, 0.717) is 16.5 Å². The van der Waals surface area contributed by atoms with Crippen LogP contribution in [0.2, 0.25) is 5.02 Å². The molecule has 148 valence electrons. The summed E-state index contributed by atoms with van der Waals surface area (Å²) in [6.45, 7) is 0.448. The first-order valence-electron chi connectivity index (χ1n) is 8.96. The molecule has 0 bridgehead atoms. The number of carbonyl (C=O) groups is 2. The highest BCUT2D eigenvalue weighted by Gasteiger charge is 2.34. The molecule has 4 rings (SSSR count). The van der Waals surface area contributed by atoms with Crippen LogP contribution in [0.4, 0.5) is 10.5 Å². The number of imide groups is 1. The number of rotatable bonds is 4. The normalized spacial score (nSPS) is 14.6. The number of pyridine rings is 1. The molecule has 3 amide bonds. The fourth-order valence-electron chi connectivity index (χ4n) is 3.29. The third kappa shape index (κ3) is 3.80. The number of halogens is 2. The Morgan fingerprint density at radius 3 is 2.66 bits per heavy atom. The Balaban J connectivity index is 1.64. The number of carbonyl (C=O) groups excluding carboxylic acids is 2. The first-order valence-corrected chi connectivity index (χ1v) is 10.1. The molecule has 0 spiro atoms. The Bertz CT molecular complexity index is 1100. The largest absolute Gasteiger partial charge is 0.497 e. The van der Waals surface area contributed by atoms with E-state index in [0.717, 1.165) is 20.9 Å². The van der Waals surface area contributed by atoms with Crippen LogP contribution in [0.1, 0.15) is 12.0 Å². The van der Waals surface area contributed by atoms with Crippen molar-refractivity contribution < 1.29 is 14.3 Å². The molecule has 1 aliphatic heterocycles. The van der Waals surface area contributed by atoms with E-state index >= 15 is 0 Å². The molecule has 29 heavy (non-hydrogen) atoms. The molecule has 1 aliphatic rings. The summed E-state index contributed by atoms with van der Waals surface area (Å²) in [6.07, 6.45) is 1.80. The number of urea groups is 1. The maximum atomic E-state index is 13.1. The van der Waals surface area contributed by atoms with Gasteiger partial charge in [-0.2, -0.15) is 0 Å². The first-order chi connectivity index (χ1) is 14.0. The molecule has 6 nitrogen and oxygen atoms in total. The molecule has 0 saturated carbocycles. The van der Waals surface area contributed by atoms with Gasteiger partial charge in [-0.05, 0) is 29.8 Å². The lowest BCUT2D eigenvalue weighted by atomic mass is 10.1. The Kier molecular flexibility index (Phi) is 5.43. The summed E-state index contributed by atoms with van der Waals surface area (Å²) in [5.41, 5.74) is 2.06. The van der Waals surface area contributed by atoms with Gasteiger partial charge < -0.3 is 4.74 Å². The van der Waals surface area contributed by atoms with Gasteiger partial charge in [-0.3, -0.25) is 19.6 Å². The molecule has 0 unspecified atom stereocenters. The number of methoxy groups -OCH3 is 1. The highest BCUT2D eigenvalue weighted by molar-refractivity contribution is 9.10. The van der Waals surface area contributed by atoms with Crippen molar-refractivity contribution in [2.75, 3.05) is 18.6 Å². The second-order valence-electron chi connectivity index (χ2n) is 6.63. The topological polar surface area (TPSA) is 62.7 Å². The Morgan fingerprint density at radius 1 is 1.17 bits per heavy atom. The van der Waals surface area contributed by atoms with Gasteiger partial charge in [0.1, 0.15) is 5.75 Å². The minimum atomic E-state index is -0.405. The number of amides is 3. The number of aromatic nitrogens is 1. The Hall–Kier alpha value is -2.64. The molecule has 0 N–H and O–H groups in total. The zero-order chi connectivity index (χ0) is 20.5. The lowest BCUT2D eigenvalue weighted by Gasteiger charge is -2.34. The van der Waals surface area contributed by atoms with Crippen molar-refractivity contribution in [1.29, 1.82) is 0 Å². The SMILES string of the molecule is COc1ccc(CN2C(=O)CCN(c3cnc4cc(Br)ccc4c3Cl)C2=O)cc1. The van der Waals surface area contributed by atoms with Crippen molar-refractivity contribution in [2.24, 2.45) is 0 Å². The number of anilines is 1. The second-order valence-corrected chi connectivity index (χ2v) is 7.92. The van der Waals surface area contributed by atoms with Gasteiger partial charge in [0.2, 0.25) is 5.91 Å². The van der Waals surface area contributed by atoms with Crippen LogP contribution in [-0.2, 0) is 11.3 Å². The number of fused-ring (bicyclic) bond motifs is 1. The van der Waals surface area contributed by atoms with Crippen molar-refractivity contribution in [3.8, 4) is 5.75 Å². The van der Waals surface area contributed by atoms with Crippen LogP contribution >= 0.6 is 27.5 Å². The molecule has 2 heterocycles. The third-order valence-electron chi connectivity index (χ3n) is 4.85. The minimum Gasteiger partial charge on any atom is -0.497 e. The van der Waals surface area contributed by atoms with Crippen molar-refractivity contribution >= 4 is 56.1 Å². The molecule has 0 radical (unpaired) electrons. The van der Waals surface area contributed by atoms with Gasteiger partial charge in [-0.1, -0.05) is 45.7 Å². The molecule has 3 aromatic rings. The summed E-state index contributed by atoms with van der Waals surface area (Å²) in [5, 5.41) is 1.19. The van der Waals surface area contributed by atoms with Crippen LogP contribution in [-0.4, -0.2) is 35.5 Å². The highest BCUT2D eigenvalue weighted by atomic mass is 79.9. The zero-order valence-electron chi connectivity index (χ0n) is 15.6. The first kappa shape index (κ1) is 19.7. The second kappa shape index (κ2) is 8.00. The van der Waals surface area contributed by atoms with Gasteiger partial charge in [0.25, 0.3) is 0 Å². The van der Waals surface area contributed by atoms with Crippen LogP contribution in [0, 0.1) is 0 Å². The van der Waals surface area contributed by atoms with E-state index in [2.05, 4.69) is 20.9 Å². The summed E-state index contributed by atoms with van der Waals surface area (Å²) < 4.78 is 6.05. The average molecular weight is 475 g/mol. The molecule has 0 aliphatic carbocycles. The Morgan fingerprint density at radius 2 is 1.93 bits per heavy atom. The van der Waals surface area contributed by atoms with E-state index in [4.69, 9.17) is 16.3 Å². The van der Waals surface area contributed by atoms with Crippen LogP contribution in [0.25, 0.3) is 10.9 Å². The molecule has 1 aromatic heterocycles. The van der Waals surface area contributed by atoms with Crippen molar-refractivity contribution in [3.05, 3.63) is 63.7 Å². The van der Waals surface area contributed by atoms with Gasteiger partial charge in [-0.15, -0.1) is 0 Å². The number of hydrogen-bond donors (Lipinski definition) is 0. The van der Waals surface area contributed by atoms with Crippen molar-refractivity contribution in [3.63, 3.8) is 0 Å². The standard InChI is InChI=1S/C21H17BrClN3O3/c1-29-15-5-2-13(3-6-15)12-26-19(27)8-9-25(21(26)28)18-11-24-17-10-14(22)4-7-16(17)20(18)23/h2-7,10-11H,8-9,12H2,1H3. The third-order valence-corrected chi connectivity index (χ3v) is 5.74. The van der Waals surface area contributed by atoms with Crippen LogP contribution in [0.3, 0.4) is 0 Å². The summed E-state index contributed by atoms with van der Waals surface area (Å²) in [5.74, 6) is 0.503. The molecule has 1 fully saturated rings. The molecule has 2 aromatic carbocycles. The van der Waals surface area contributed by atoms with Crippen LogP contribution in [0.5, 0.6) is 5.75 Å². The lowest BCUT2D eigenvalue weighted by molar-refractivity contribution is -0.129. The number of hydrogen-bond acceptors (Lipinski definition) is 4. The molecular weight excluding hydrogens is 458 g/mol. The van der Waals surface area contributed by atoms with E-state index in [1.807, 2.05) is 30.3 Å². The van der Waals surface area contributed by atoms with Gasteiger partial charge in [0.15, 0.2) is 0 Å². The van der Waals surface area contributed by atoms with E-state index in [9.17, 15) is 9.59 Å². The van der Waals surface area contributed by atoms with Gasteiger partial charge in [0.05, 0.1) is 36.1 Å². The van der Waals surface area contributed by atoms with Gasteiger partial charge in [0, 0.05) is 22.8 Å². The Labute approximate surface area is 181 Å². The van der Waals surface area contributed by atoms with Crippen LogP contribution < -0.4 is 9.64 Å². The number of benzene rings is 2. The molecule has 0 atom stereocenters. The summed E-state index contributed by atoms with van der Waals surface area (Å²) in [4.78, 5) is 32.8. The average Bonchev–Trinajstić information content (AvgIpc) is 2.72. The smallest absolute Gasteiger partial charge is 0.331 e. The van der Waals surface area contributed by atoms with E-state index in [1.165, 1.54) is 9.80 Å². The predicted molar refractivity (Wildman–Crippen MR) is 115 cm³/mol. The quantitative estimate of drug-likeness (QED) is 0.533. The summed E-state index contributed by atoms with van der Waals surface area (Å²) in [6, 6.07) is 12.5. The predicted octanol–water partition coefficient (Wildman–Crippen LogP) is 5.02. The van der Waals surface area contributed by atoms with E-state index < -0.39 is 6.03 Å². The van der Waals surface area contributed by atoms with Crippen molar-refractivity contribution in [1.82, 2.24) is 9.88 Å². The van der Waals surface area contributed by atoms with Crippen LogP contribution in [0.15, 0.2) is 53.1 Å². The summed E-state index contributed by atoms with van der Waals surface area (Å²) >= 11 is 10.0. The van der Waals surface area contributed by atoms with E-state index in [-0.39, 0.29) is 25.4 Å². The molecule has 8 heteroatoms. The zero-order valence-corrected chi connectivity index (χ0v) is 17.9. The maximum Gasteiger partial charge on any atom is 0.331 e. The number of ether oxygens (including phenoxy) is 1. The monoisotopic (exact) mass is 473 g/mol. The lowest BCUT2D eigenvalue weighted by Crippen LogP contribution is -2.52. The summed E-state index contributed by atoms with van der Waals surface area (Å²) in [7, 11) is 1.59. The van der Waals surface area contributed by atoms with Crippen molar-refractivity contribution in [2.45, 2.75) is 13.0 Å². The molecular formula is C21H17BrClN3O3. The van der Waals surface area contributed by atoms with Gasteiger partial charge >= 0.3 is 6.03 Å². The fraction of sp³-hybridized carbons (Fsp3) is 0.190. The highest BCUT2D eigenvalue weighted by Crippen LogP contribution is 2.35. The fourth-order valence-corrected chi connectivity index (χ4v) is 3.95. The van der Waals surface area contributed by atoms with E-state index in [1.54, 1.807) is 25.4 Å². The minimum absolute atomic E-state index is 0.184. The molecule has 1 saturated heterocycles. The maximum absolute atomic E-state index is 13.1.